The van der Waals surface area contributed by atoms with Crippen molar-refractivity contribution in [2.45, 2.75) is 57.0 Å². The molecule has 0 heterocycles. The molecule has 4 nitrogen and oxygen atoms in total. The number of nitrogens with one attached hydrogen (secondary N) is 1. The van der Waals surface area contributed by atoms with Crippen molar-refractivity contribution in [2.75, 3.05) is 6.54 Å². The Morgan fingerprint density at radius 1 is 1.35 bits per heavy atom. The Hall–Kier alpha value is -0.710. The summed E-state index contributed by atoms with van der Waals surface area (Å²) in [6, 6.07) is 0. The van der Waals surface area contributed by atoms with E-state index >= 15 is 0 Å². The molecule has 5 heteroatoms. The van der Waals surface area contributed by atoms with E-state index in [9.17, 15) is 9.59 Å². The van der Waals surface area contributed by atoms with Gasteiger partial charge in [-0.2, -0.15) is 0 Å². The minimum Gasteiger partial charge on any atom is -0.481 e. The second-order valence-electron chi connectivity index (χ2n) is 4.07. The monoisotopic (exact) mass is 261 g/mol. The zero-order valence-electron chi connectivity index (χ0n) is 10.9. The summed E-state index contributed by atoms with van der Waals surface area (Å²) < 4.78 is 0. The molecule has 0 spiro atoms. The van der Waals surface area contributed by atoms with Crippen LogP contribution in [-0.4, -0.2) is 34.0 Å². The fourth-order valence-corrected chi connectivity index (χ4v) is 2.80. The first-order valence-electron chi connectivity index (χ1n) is 6.16. The summed E-state index contributed by atoms with van der Waals surface area (Å²) in [5.74, 6) is -1.08. The molecule has 0 fully saturated rings. The number of carbonyl (C=O) groups excluding carboxylic acids is 1. The lowest BCUT2D eigenvalue weighted by Gasteiger charge is -2.18. The van der Waals surface area contributed by atoms with Crippen LogP contribution in [0.5, 0.6) is 0 Å². The molecule has 0 rings (SSSR count). The highest BCUT2D eigenvalue weighted by atomic mass is 32.2. The number of aliphatic carboxylic acids is 1. The normalized spacial score (nSPS) is 14.1. The van der Waals surface area contributed by atoms with Gasteiger partial charge in [0.15, 0.2) is 0 Å². The molecule has 17 heavy (non-hydrogen) atoms. The van der Waals surface area contributed by atoms with Gasteiger partial charge in [-0.05, 0) is 13.3 Å². The van der Waals surface area contributed by atoms with Crippen LogP contribution in [0.15, 0.2) is 0 Å². The molecule has 0 saturated carbocycles. The Kier molecular flexibility index (Phi) is 8.94. The van der Waals surface area contributed by atoms with Crippen molar-refractivity contribution in [1.29, 1.82) is 0 Å². The first kappa shape index (κ1) is 16.3. The number of hydrogen-bond acceptors (Lipinski definition) is 3. The van der Waals surface area contributed by atoms with E-state index in [1.807, 2.05) is 6.92 Å². The van der Waals surface area contributed by atoms with E-state index in [1.54, 1.807) is 0 Å². The third kappa shape index (κ3) is 8.07. The Labute approximate surface area is 108 Å². The summed E-state index contributed by atoms with van der Waals surface area (Å²) >= 11 is 1.47. The van der Waals surface area contributed by atoms with Gasteiger partial charge in [-0.1, -0.05) is 26.7 Å². The third-order valence-corrected chi connectivity index (χ3v) is 3.77. The van der Waals surface area contributed by atoms with E-state index in [0.29, 0.717) is 11.8 Å². The first-order chi connectivity index (χ1) is 8.01. The summed E-state index contributed by atoms with van der Waals surface area (Å²) in [5.41, 5.74) is 0. The zero-order valence-corrected chi connectivity index (χ0v) is 11.7. The van der Waals surface area contributed by atoms with E-state index in [-0.39, 0.29) is 12.3 Å². The number of unbranched alkanes of at least 4 members (excludes halogenated alkanes) is 1. The highest BCUT2D eigenvalue weighted by Crippen LogP contribution is 2.24. The second-order valence-corrected chi connectivity index (χ2v) is 5.72. The molecule has 0 aromatic carbocycles. The average Bonchev–Trinajstić information content (AvgIpc) is 2.25. The van der Waals surface area contributed by atoms with Crippen LogP contribution >= 0.6 is 11.8 Å². The molecule has 0 aliphatic rings. The van der Waals surface area contributed by atoms with Gasteiger partial charge in [-0.3, -0.25) is 9.59 Å². The molecule has 0 aliphatic heterocycles. The lowest BCUT2D eigenvalue weighted by Crippen LogP contribution is -2.35. The topological polar surface area (TPSA) is 66.4 Å². The maximum atomic E-state index is 11.7. The summed E-state index contributed by atoms with van der Waals surface area (Å²) in [6.07, 6.45) is 3.16. The molecule has 0 aliphatic carbocycles. The molecule has 2 atom stereocenters. The van der Waals surface area contributed by atoms with Crippen LogP contribution in [0, 0.1) is 0 Å². The van der Waals surface area contributed by atoms with Crippen molar-refractivity contribution in [3.8, 4) is 0 Å². The SMILES string of the molecule is CCCCC(C)SC(CC(=O)O)C(=O)NCC. The Balaban J connectivity index is 4.26. The molecular weight excluding hydrogens is 238 g/mol. The van der Waals surface area contributed by atoms with Crippen molar-refractivity contribution >= 4 is 23.6 Å². The summed E-state index contributed by atoms with van der Waals surface area (Å²) in [7, 11) is 0. The second kappa shape index (κ2) is 9.33. The van der Waals surface area contributed by atoms with Gasteiger partial charge in [0.1, 0.15) is 0 Å². The van der Waals surface area contributed by atoms with Crippen LogP contribution in [0.1, 0.15) is 46.5 Å². The molecule has 0 saturated heterocycles. The highest BCUT2D eigenvalue weighted by molar-refractivity contribution is 8.01. The largest absolute Gasteiger partial charge is 0.481 e. The van der Waals surface area contributed by atoms with Crippen LogP contribution in [-0.2, 0) is 9.59 Å². The Bertz CT molecular complexity index is 246. The molecule has 0 radical (unpaired) electrons. The summed E-state index contributed by atoms with van der Waals surface area (Å²) in [5, 5.41) is 11.3. The smallest absolute Gasteiger partial charge is 0.305 e. The van der Waals surface area contributed by atoms with E-state index in [1.165, 1.54) is 11.8 Å². The molecular formula is C12H23NO3S. The van der Waals surface area contributed by atoms with Gasteiger partial charge in [0.2, 0.25) is 5.91 Å². The van der Waals surface area contributed by atoms with Crippen LogP contribution in [0.4, 0.5) is 0 Å². The van der Waals surface area contributed by atoms with E-state index in [0.717, 1.165) is 19.3 Å². The minimum atomic E-state index is -0.920. The van der Waals surface area contributed by atoms with Crippen LogP contribution in [0.3, 0.4) is 0 Å². The van der Waals surface area contributed by atoms with Crippen molar-refractivity contribution in [2.24, 2.45) is 0 Å². The van der Waals surface area contributed by atoms with Crippen molar-refractivity contribution in [1.82, 2.24) is 5.32 Å². The van der Waals surface area contributed by atoms with Crippen molar-refractivity contribution in [3.05, 3.63) is 0 Å². The number of thioether (sulfide) groups is 1. The van der Waals surface area contributed by atoms with Gasteiger partial charge < -0.3 is 10.4 Å². The fraction of sp³-hybridized carbons (Fsp3) is 0.833. The number of carboxylic acids is 1. The van der Waals surface area contributed by atoms with Gasteiger partial charge in [0, 0.05) is 11.8 Å². The molecule has 100 valence electrons. The number of hydrogen-bond donors (Lipinski definition) is 2. The van der Waals surface area contributed by atoms with Gasteiger partial charge in [-0.25, -0.2) is 0 Å². The predicted molar refractivity (Wildman–Crippen MR) is 71.3 cm³/mol. The van der Waals surface area contributed by atoms with Crippen LogP contribution in [0.25, 0.3) is 0 Å². The number of rotatable bonds is 9. The quantitative estimate of drug-likeness (QED) is 0.668. The van der Waals surface area contributed by atoms with Crippen molar-refractivity contribution in [3.63, 3.8) is 0 Å². The predicted octanol–water partition coefficient (Wildman–Crippen LogP) is 2.28. The maximum absolute atomic E-state index is 11.7. The summed E-state index contributed by atoms with van der Waals surface area (Å²) in [6.45, 7) is 6.55. The summed E-state index contributed by atoms with van der Waals surface area (Å²) in [4.78, 5) is 22.4. The number of carbonyl (C=O) groups is 2. The van der Waals surface area contributed by atoms with Gasteiger partial charge in [0.25, 0.3) is 0 Å². The first-order valence-corrected chi connectivity index (χ1v) is 7.10. The number of carboxylic acid groups (broad SMARTS) is 1. The van der Waals surface area contributed by atoms with Crippen LogP contribution < -0.4 is 5.32 Å². The van der Waals surface area contributed by atoms with Crippen LogP contribution in [0.2, 0.25) is 0 Å². The molecule has 0 aromatic rings. The Morgan fingerprint density at radius 3 is 2.47 bits per heavy atom. The molecule has 0 aromatic heterocycles. The van der Waals surface area contributed by atoms with Crippen molar-refractivity contribution < 1.29 is 14.7 Å². The maximum Gasteiger partial charge on any atom is 0.305 e. The lowest BCUT2D eigenvalue weighted by atomic mass is 10.2. The number of amides is 1. The molecule has 2 unspecified atom stereocenters. The van der Waals surface area contributed by atoms with Gasteiger partial charge in [-0.15, -0.1) is 11.8 Å². The molecule has 2 N–H and O–H groups in total. The third-order valence-electron chi connectivity index (χ3n) is 2.36. The van der Waals surface area contributed by atoms with E-state index in [4.69, 9.17) is 5.11 Å². The standard InChI is InChI=1S/C12H23NO3S/c1-4-6-7-9(3)17-10(8-11(14)15)12(16)13-5-2/h9-10H,4-8H2,1-3H3,(H,13,16)(H,14,15). The molecule has 0 bridgehead atoms. The Morgan fingerprint density at radius 2 is 2.00 bits per heavy atom. The highest BCUT2D eigenvalue weighted by Gasteiger charge is 2.23. The molecule has 1 amide bonds. The lowest BCUT2D eigenvalue weighted by molar-refractivity contribution is -0.138. The minimum absolute atomic E-state index is 0.104. The van der Waals surface area contributed by atoms with Gasteiger partial charge in [0.05, 0.1) is 11.7 Å². The van der Waals surface area contributed by atoms with Gasteiger partial charge >= 0.3 is 5.97 Å². The van der Waals surface area contributed by atoms with E-state index < -0.39 is 11.2 Å². The van der Waals surface area contributed by atoms with E-state index in [2.05, 4.69) is 19.2 Å². The fourth-order valence-electron chi connectivity index (χ4n) is 1.49. The average molecular weight is 261 g/mol. The zero-order chi connectivity index (χ0) is 13.3.